The number of aromatic amines is 1. The van der Waals surface area contributed by atoms with Gasteiger partial charge in [0.1, 0.15) is 5.82 Å². The Morgan fingerprint density at radius 3 is 2.67 bits per heavy atom. The Hall–Kier alpha value is -2.18. The Morgan fingerprint density at radius 1 is 1.17 bits per heavy atom. The van der Waals surface area contributed by atoms with Gasteiger partial charge in [0.05, 0.1) is 13.1 Å². The summed E-state index contributed by atoms with van der Waals surface area (Å²) in [6, 6.07) is 7.91. The lowest BCUT2D eigenvalue weighted by atomic mass is 10.2. The molecule has 0 spiro atoms. The van der Waals surface area contributed by atoms with Gasteiger partial charge in [0.15, 0.2) is 0 Å². The predicted octanol–water partition coefficient (Wildman–Crippen LogP) is 1.86. The summed E-state index contributed by atoms with van der Waals surface area (Å²) >= 11 is 0. The van der Waals surface area contributed by atoms with E-state index in [2.05, 4.69) is 25.1 Å². The van der Waals surface area contributed by atoms with Crippen LogP contribution < -0.4 is 5.32 Å². The molecule has 24 heavy (non-hydrogen) atoms. The van der Waals surface area contributed by atoms with Crippen molar-refractivity contribution in [2.75, 3.05) is 38.0 Å². The molecule has 128 valence electrons. The molecular weight excluding hydrogens is 302 g/mol. The van der Waals surface area contributed by atoms with E-state index in [4.69, 9.17) is 0 Å². The number of carbonyl (C=O) groups is 1. The first-order chi connectivity index (χ1) is 11.7. The number of imidazole rings is 1. The van der Waals surface area contributed by atoms with Crippen LogP contribution in [0.3, 0.4) is 0 Å². The summed E-state index contributed by atoms with van der Waals surface area (Å²) in [7, 11) is 0. The Kier molecular flexibility index (Phi) is 5.61. The standard InChI is InChI=1S/C18H25N5O/c1-15-3-5-16(6-4-15)21-18(24)14-23-10-2-9-22(11-12-23)13-17-19-7-8-20-17/h3-8H,2,9-14H2,1H3,(H,19,20)(H,21,24). The molecule has 0 atom stereocenters. The van der Waals surface area contributed by atoms with Gasteiger partial charge in [-0.2, -0.15) is 0 Å². The van der Waals surface area contributed by atoms with Crippen LogP contribution in [0.5, 0.6) is 0 Å². The lowest BCUT2D eigenvalue weighted by Gasteiger charge is -2.20. The van der Waals surface area contributed by atoms with Gasteiger partial charge in [0.2, 0.25) is 5.91 Å². The lowest BCUT2D eigenvalue weighted by Crippen LogP contribution is -2.36. The highest BCUT2D eigenvalue weighted by Gasteiger charge is 2.17. The van der Waals surface area contributed by atoms with Crippen LogP contribution in [-0.4, -0.2) is 58.4 Å². The fourth-order valence-electron chi connectivity index (χ4n) is 2.98. The number of rotatable bonds is 5. The van der Waals surface area contributed by atoms with E-state index in [1.807, 2.05) is 37.4 Å². The maximum atomic E-state index is 12.2. The van der Waals surface area contributed by atoms with Crippen LogP contribution in [0.25, 0.3) is 0 Å². The molecule has 0 unspecified atom stereocenters. The molecule has 1 aliphatic heterocycles. The second kappa shape index (κ2) is 8.08. The largest absolute Gasteiger partial charge is 0.348 e. The van der Waals surface area contributed by atoms with E-state index in [0.717, 1.165) is 50.7 Å². The van der Waals surface area contributed by atoms with Gasteiger partial charge >= 0.3 is 0 Å². The SMILES string of the molecule is Cc1ccc(NC(=O)CN2CCCN(Cc3ncc[nH]3)CC2)cc1. The number of hydrogen-bond acceptors (Lipinski definition) is 4. The van der Waals surface area contributed by atoms with Gasteiger partial charge in [0, 0.05) is 31.2 Å². The number of aromatic nitrogens is 2. The average molecular weight is 327 g/mol. The minimum absolute atomic E-state index is 0.0540. The van der Waals surface area contributed by atoms with E-state index < -0.39 is 0 Å². The Morgan fingerprint density at radius 2 is 1.92 bits per heavy atom. The molecule has 1 aromatic heterocycles. The number of carbonyl (C=O) groups excluding carboxylic acids is 1. The lowest BCUT2D eigenvalue weighted by molar-refractivity contribution is -0.117. The quantitative estimate of drug-likeness (QED) is 0.880. The first-order valence-electron chi connectivity index (χ1n) is 8.48. The third-order valence-electron chi connectivity index (χ3n) is 4.31. The number of nitrogens with one attached hydrogen (secondary N) is 2. The molecule has 1 saturated heterocycles. The predicted molar refractivity (Wildman–Crippen MR) is 94.7 cm³/mol. The minimum atomic E-state index is 0.0540. The van der Waals surface area contributed by atoms with Crippen LogP contribution >= 0.6 is 0 Å². The first-order valence-corrected chi connectivity index (χ1v) is 8.48. The van der Waals surface area contributed by atoms with Crippen molar-refractivity contribution < 1.29 is 4.79 Å². The van der Waals surface area contributed by atoms with Crippen molar-refractivity contribution in [3.05, 3.63) is 48.0 Å². The Labute approximate surface area is 142 Å². The number of anilines is 1. The summed E-state index contributed by atoms with van der Waals surface area (Å²) in [5.41, 5.74) is 2.05. The summed E-state index contributed by atoms with van der Waals surface area (Å²) in [4.78, 5) is 24.3. The van der Waals surface area contributed by atoms with Crippen molar-refractivity contribution in [3.63, 3.8) is 0 Å². The van der Waals surface area contributed by atoms with E-state index >= 15 is 0 Å². The molecule has 0 aliphatic carbocycles. The van der Waals surface area contributed by atoms with Crippen molar-refractivity contribution in [1.29, 1.82) is 0 Å². The Bertz CT molecular complexity index is 638. The van der Waals surface area contributed by atoms with Gasteiger partial charge in [-0.15, -0.1) is 0 Å². The smallest absolute Gasteiger partial charge is 0.238 e. The second-order valence-corrected chi connectivity index (χ2v) is 6.36. The van der Waals surface area contributed by atoms with Crippen LogP contribution in [0, 0.1) is 6.92 Å². The van der Waals surface area contributed by atoms with Gasteiger partial charge in [-0.05, 0) is 38.6 Å². The van der Waals surface area contributed by atoms with Crippen molar-refractivity contribution in [3.8, 4) is 0 Å². The molecule has 1 amide bonds. The Balaban J connectivity index is 1.45. The number of nitrogens with zero attached hydrogens (tertiary/aromatic N) is 3. The third kappa shape index (κ3) is 4.91. The number of amides is 1. The van der Waals surface area contributed by atoms with E-state index in [1.165, 1.54) is 5.56 Å². The fraction of sp³-hybridized carbons (Fsp3) is 0.444. The zero-order valence-electron chi connectivity index (χ0n) is 14.2. The molecule has 6 heteroatoms. The maximum absolute atomic E-state index is 12.2. The topological polar surface area (TPSA) is 64.3 Å². The molecule has 0 saturated carbocycles. The van der Waals surface area contributed by atoms with Crippen molar-refractivity contribution in [2.24, 2.45) is 0 Å². The highest BCUT2D eigenvalue weighted by atomic mass is 16.2. The highest BCUT2D eigenvalue weighted by molar-refractivity contribution is 5.92. The minimum Gasteiger partial charge on any atom is -0.348 e. The molecule has 0 bridgehead atoms. The van der Waals surface area contributed by atoms with Gasteiger partial charge in [-0.25, -0.2) is 4.98 Å². The average Bonchev–Trinajstić information content (AvgIpc) is 2.97. The molecule has 1 aliphatic rings. The summed E-state index contributed by atoms with van der Waals surface area (Å²) < 4.78 is 0. The third-order valence-corrected chi connectivity index (χ3v) is 4.31. The van der Waals surface area contributed by atoms with E-state index in [9.17, 15) is 4.79 Å². The number of benzene rings is 1. The van der Waals surface area contributed by atoms with Crippen LogP contribution in [-0.2, 0) is 11.3 Å². The maximum Gasteiger partial charge on any atom is 0.238 e. The van der Waals surface area contributed by atoms with Crippen molar-refractivity contribution >= 4 is 11.6 Å². The van der Waals surface area contributed by atoms with Crippen LogP contribution in [0.1, 0.15) is 17.8 Å². The summed E-state index contributed by atoms with van der Waals surface area (Å²) in [6.07, 6.45) is 4.71. The molecule has 0 radical (unpaired) electrons. The highest BCUT2D eigenvalue weighted by Crippen LogP contribution is 2.10. The summed E-state index contributed by atoms with van der Waals surface area (Å²) in [5.74, 6) is 1.05. The molecule has 3 rings (SSSR count). The van der Waals surface area contributed by atoms with Gasteiger partial charge in [0.25, 0.3) is 0 Å². The number of H-pyrrole nitrogens is 1. The van der Waals surface area contributed by atoms with E-state index in [1.54, 1.807) is 6.20 Å². The normalized spacial score (nSPS) is 16.7. The second-order valence-electron chi connectivity index (χ2n) is 6.36. The van der Waals surface area contributed by atoms with Gasteiger partial charge in [-0.1, -0.05) is 17.7 Å². The molecule has 6 nitrogen and oxygen atoms in total. The fourth-order valence-corrected chi connectivity index (χ4v) is 2.98. The van der Waals surface area contributed by atoms with E-state index in [0.29, 0.717) is 6.54 Å². The summed E-state index contributed by atoms with van der Waals surface area (Å²) in [5, 5.41) is 2.98. The molecule has 2 N–H and O–H groups in total. The van der Waals surface area contributed by atoms with E-state index in [-0.39, 0.29) is 5.91 Å². The molecular formula is C18H25N5O. The summed E-state index contributed by atoms with van der Waals surface area (Å²) in [6.45, 7) is 7.18. The number of hydrogen-bond donors (Lipinski definition) is 2. The first kappa shape index (κ1) is 16.7. The molecule has 2 heterocycles. The molecule has 1 fully saturated rings. The van der Waals surface area contributed by atoms with Crippen molar-refractivity contribution in [2.45, 2.75) is 19.9 Å². The van der Waals surface area contributed by atoms with Crippen LogP contribution in [0.2, 0.25) is 0 Å². The molecule has 1 aromatic carbocycles. The van der Waals surface area contributed by atoms with Crippen LogP contribution in [0.4, 0.5) is 5.69 Å². The van der Waals surface area contributed by atoms with Crippen LogP contribution in [0.15, 0.2) is 36.7 Å². The zero-order chi connectivity index (χ0) is 16.8. The number of aryl methyl sites for hydroxylation is 1. The monoisotopic (exact) mass is 327 g/mol. The zero-order valence-corrected chi connectivity index (χ0v) is 14.2. The van der Waals surface area contributed by atoms with Gasteiger partial charge in [-0.3, -0.25) is 14.6 Å². The molecule has 2 aromatic rings. The van der Waals surface area contributed by atoms with Crippen molar-refractivity contribution in [1.82, 2.24) is 19.8 Å². The van der Waals surface area contributed by atoms with Gasteiger partial charge < -0.3 is 10.3 Å².